The van der Waals surface area contributed by atoms with Crippen molar-refractivity contribution in [2.45, 2.75) is 12.7 Å². The number of aromatic nitrogens is 5. The topological polar surface area (TPSA) is 77.1 Å². The van der Waals surface area contributed by atoms with Gasteiger partial charge in [-0.2, -0.15) is 23.4 Å². The number of rotatable bonds is 6. The number of carbonyl (C=O) groups is 1. The molecule has 0 aliphatic rings. The molecule has 0 atom stereocenters. The molecule has 3 aromatic heterocycles. The lowest BCUT2D eigenvalue weighted by molar-refractivity contribution is -0.142. The predicted octanol–water partition coefficient (Wildman–Crippen LogP) is 6.85. The fraction of sp³-hybridized carbons (Fsp3) is 0.0667. The summed E-state index contributed by atoms with van der Waals surface area (Å²) in [6.07, 6.45) is -2.93. The normalized spacial score (nSPS) is 11.6. The summed E-state index contributed by atoms with van der Waals surface area (Å²) in [7, 11) is 0. The number of hydrogen-bond donors (Lipinski definition) is 1. The van der Waals surface area contributed by atoms with Crippen molar-refractivity contribution in [2.75, 3.05) is 0 Å². The molecule has 7 nitrogen and oxygen atoms in total. The lowest BCUT2D eigenvalue weighted by atomic mass is 10.1. The Labute approximate surface area is 236 Å². The molecule has 204 valence electrons. The van der Waals surface area contributed by atoms with E-state index >= 15 is 0 Å². The van der Waals surface area contributed by atoms with Crippen LogP contribution in [0.2, 0.25) is 5.02 Å². The maximum Gasteiger partial charge on any atom is 0.433 e. The van der Waals surface area contributed by atoms with Crippen LogP contribution in [-0.4, -0.2) is 30.3 Å². The van der Waals surface area contributed by atoms with Crippen molar-refractivity contribution in [2.24, 2.45) is 0 Å². The van der Waals surface area contributed by atoms with Crippen LogP contribution >= 0.6 is 11.6 Å². The molecular weight excluding hydrogens is 553 g/mol. The first-order valence-corrected chi connectivity index (χ1v) is 12.9. The van der Waals surface area contributed by atoms with E-state index in [1.54, 1.807) is 28.9 Å². The minimum Gasteiger partial charge on any atom is -0.346 e. The molecule has 0 aliphatic heterocycles. The van der Waals surface area contributed by atoms with E-state index in [2.05, 4.69) is 15.4 Å². The third-order valence-corrected chi connectivity index (χ3v) is 6.64. The number of benzene rings is 3. The van der Waals surface area contributed by atoms with Crippen molar-refractivity contribution in [3.8, 4) is 28.2 Å². The molecule has 0 saturated carbocycles. The number of nitrogens with one attached hydrogen (secondary N) is 1. The van der Waals surface area contributed by atoms with Crippen LogP contribution in [-0.2, 0) is 12.7 Å². The molecule has 6 rings (SSSR count). The van der Waals surface area contributed by atoms with Gasteiger partial charge in [-0.3, -0.25) is 4.79 Å². The SMILES string of the molecule is O=C(NCc1cn(-c2ccccc2)nc1-c1ccccc1)c1cc2nc(-c3ccc(Cl)cc3)cc(C(F)(F)F)n2n1. The van der Waals surface area contributed by atoms with Gasteiger partial charge in [-0.1, -0.05) is 72.3 Å². The lowest BCUT2D eigenvalue weighted by Crippen LogP contribution is -2.23. The second-order valence-electron chi connectivity index (χ2n) is 9.16. The van der Waals surface area contributed by atoms with Gasteiger partial charge in [-0.05, 0) is 30.3 Å². The Morgan fingerprint density at radius 3 is 2.22 bits per heavy atom. The largest absolute Gasteiger partial charge is 0.433 e. The highest BCUT2D eigenvalue weighted by Crippen LogP contribution is 2.32. The Morgan fingerprint density at radius 1 is 0.854 bits per heavy atom. The Balaban J connectivity index is 1.32. The Hall–Kier alpha value is -4.96. The van der Waals surface area contributed by atoms with Gasteiger partial charge in [0.2, 0.25) is 0 Å². The van der Waals surface area contributed by atoms with E-state index < -0.39 is 17.8 Å². The summed E-state index contributed by atoms with van der Waals surface area (Å²) in [5.74, 6) is -0.650. The minimum absolute atomic E-state index is 0.0688. The first-order chi connectivity index (χ1) is 19.8. The number of fused-ring (bicyclic) bond motifs is 1. The van der Waals surface area contributed by atoms with E-state index in [4.69, 9.17) is 16.7 Å². The first kappa shape index (κ1) is 26.3. The number of amides is 1. The average Bonchev–Trinajstić information content (AvgIpc) is 3.61. The average molecular weight is 573 g/mol. The van der Waals surface area contributed by atoms with Crippen molar-refractivity contribution in [1.29, 1.82) is 0 Å². The van der Waals surface area contributed by atoms with E-state index in [1.807, 2.05) is 66.9 Å². The molecule has 41 heavy (non-hydrogen) atoms. The van der Waals surface area contributed by atoms with Crippen molar-refractivity contribution < 1.29 is 18.0 Å². The summed E-state index contributed by atoms with van der Waals surface area (Å²) in [5.41, 5.74) is 2.23. The standard InChI is InChI=1S/C30H20ClF3N6O/c31-22-13-11-19(12-14-22)24-15-26(30(32,33)34)40-27(36-24)16-25(37-40)29(41)35-17-21-18-39(23-9-5-2-6-10-23)38-28(21)20-7-3-1-4-8-20/h1-16,18H,17H2,(H,35,41). The maximum atomic E-state index is 14.0. The number of nitrogens with zero attached hydrogens (tertiary/aromatic N) is 5. The van der Waals surface area contributed by atoms with Crippen molar-refractivity contribution in [3.63, 3.8) is 0 Å². The van der Waals surface area contributed by atoms with Crippen LogP contribution in [0.5, 0.6) is 0 Å². The molecule has 11 heteroatoms. The Bertz CT molecular complexity index is 1850. The molecule has 0 spiro atoms. The second-order valence-corrected chi connectivity index (χ2v) is 9.60. The molecule has 6 aromatic rings. The Kier molecular flexibility index (Phi) is 6.76. The minimum atomic E-state index is -4.74. The van der Waals surface area contributed by atoms with Crippen LogP contribution in [0.4, 0.5) is 13.2 Å². The number of para-hydroxylation sites is 1. The van der Waals surface area contributed by atoms with Crippen LogP contribution in [0, 0.1) is 0 Å². The van der Waals surface area contributed by atoms with E-state index in [1.165, 1.54) is 6.07 Å². The van der Waals surface area contributed by atoms with Crippen LogP contribution in [0.15, 0.2) is 103 Å². The van der Waals surface area contributed by atoms with Gasteiger partial charge in [-0.25, -0.2) is 14.2 Å². The van der Waals surface area contributed by atoms with Gasteiger partial charge in [0.1, 0.15) is 0 Å². The molecule has 0 saturated heterocycles. The van der Waals surface area contributed by atoms with Crippen molar-refractivity contribution >= 4 is 23.2 Å². The van der Waals surface area contributed by atoms with Gasteiger partial charge in [-0.15, -0.1) is 0 Å². The number of halogens is 4. The van der Waals surface area contributed by atoms with E-state index in [0.717, 1.165) is 22.9 Å². The fourth-order valence-corrected chi connectivity index (χ4v) is 4.54. The first-order valence-electron chi connectivity index (χ1n) is 12.5. The van der Waals surface area contributed by atoms with Gasteiger partial charge in [0, 0.05) is 40.5 Å². The highest BCUT2D eigenvalue weighted by Gasteiger charge is 2.35. The zero-order valence-corrected chi connectivity index (χ0v) is 21.9. The summed E-state index contributed by atoms with van der Waals surface area (Å²) >= 11 is 5.92. The molecule has 1 N–H and O–H groups in total. The van der Waals surface area contributed by atoms with Gasteiger partial charge in [0.15, 0.2) is 17.0 Å². The Morgan fingerprint density at radius 2 is 1.54 bits per heavy atom. The monoisotopic (exact) mass is 572 g/mol. The third-order valence-electron chi connectivity index (χ3n) is 6.39. The summed E-state index contributed by atoms with van der Waals surface area (Å²) in [6.45, 7) is 0.0688. The number of hydrogen-bond acceptors (Lipinski definition) is 4. The summed E-state index contributed by atoms with van der Waals surface area (Å²) in [5, 5.41) is 11.9. The lowest BCUT2D eigenvalue weighted by Gasteiger charge is -2.11. The highest BCUT2D eigenvalue weighted by atomic mass is 35.5. The van der Waals surface area contributed by atoms with Crippen LogP contribution in [0.1, 0.15) is 21.7 Å². The van der Waals surface area contributed by atoms with E-state index in [0.29, 0.717) is 20.8 Å². The quantitative estimate of drug-likeness (QED) is 0.237. The van der Waals surface area contributed by atoms with E-state index in [-0.39, 0.29) is 23.6 Å². The molecule has 1 amide bonds. The molecule has 0 radical (unpaired) electrons. The van der Waals surface area contributed by atoms with Crippen LogP contribution in [0.3, 0.4) is 0 Å². The highest BCUT2D eigenvalue weighted by molar-refractivity contribution is 6.30. The van der Waals surface area contributed by atoms with Gasteiger partial charge in [0.05, 0.1) is 17.1 Å². The molecular formula is C30H20ClF3N6O. The van der Waals surface area contributed by atoms with Crippen molar-refractivity contribution in [1.82, 2.24) is 29.7 Å². The summed E-state index contributed by atoms with van der Waals surface area (Å²) in [6, 6.07) is 27.4. The smallest absolute Gasteiger partial charge is 0.346 e. The van der Waals surface area contributed by atoms with Crippen molar-refractivity contribution in [3.05, 3.63) is 125 Å². The molecule has 0 fully saturated rings. The maximum absolute atomic E-state index is 14.0. The van der Waals surface area contributed by atoms with Gasteiger partial charge in [0.25, 0.3) is 5.91 Å². The van der Waals surface area contributed by atoms with Gasteiger partial charge >= 0.3 is 6.18 Å². The predicted molar refractivity (Wildman–Crippen MR) is 149 cm³/mol. The fourth-order valence-electron chi connectivity index (χ4n) is 4.41. The molecule has 3 heterocycles. The third kappa shape index (κ3) is 5.42. The molecule has 3 aromatic carbocycles. The molecule has 0 bridgehead atoms. The summed E-state index contributed by atoms with van der Waals surface area (Å²) < 4.78 is 44.3. The summed E-state index contributed by atoms with van der Waals surface area (Å²) in [4.78, 5) is 17.5. The molecule has 0 aliphatic carbocycles. The van der Waals surface area contributed by atoms with Crippen LogP contribution in [0.25, 0.3) is 33.8 Å². The van der Waals surface area contributed by atoms with Crippen LogP contribution < -0.4 is 5.32 Å². The number of alkyl halides is 3. The zero-order valence-electron chi connectivity index (χ0n) is 21.2. The number of carbonyl (C=O) groups excluding carboxylic acids is 1. The second kappa shape index (κ2) is 10.5. The zero-order chi connectivity index (χ0) is 28.6. The van der Waals surface area contributed by atoms with Gasteiger partial charge < -0.3 is 5.32 Å². The van der Waals surface area contributed by atoms with E-state index in [9.17, 15) is 18.0 Å². The molecule has 0 unspecified atom stereocenters.